The first-order chi connectivity index (χ1) is 7.18. The van der Waals surface area contributed by atoms with Crippen LogP contribution in [-0.2, 0) is 0 Å². The van der Waals surface area contributed by atoms with Gasteiger partial charge in [0, 0.05) is 24.8 Å². The predicted octanol–water partition coefficient (Wildman–Crippen LogP) is 3.34. The quantitative estimate of drug-likeness (QED) is 0.725. The molecule has 0 aromatic heterocycles. The number of anilines is 1. The first kappa shape index (κ1) is 10.4. The molecule has 0 spiro atoms. The van der Waals surface area contributed by atoms with Gasteiger partial charge in [-0.15, -0.1) is 0 Å². The maximum absolute atomic E-state index is 13.0. The van der Waals surface area contributed by atoms with Crippen LogP contribution in [0.15, 0.2) is 18.2 Å². The Labute approximate surface area is 88.7 Å². The molecule has 1 fully saturated rings. The first-order valence-electron chi connectivity index (χ1n) is 5.36. The number of benzene rings is 1. The van der Waals surface area contributed by atoms with Gasteiger partial charge in [0.1, 0.15) is 0 Å². The van der Waals surface area contributed by atoms with Crippen LogP contribution in [0.5, 0.6) is 0 Å². The smallest absolute Gasteiger partial charge is 0.160 e. The first-order valence-corrected chi connectivity index (χ1v) is 5.36. The predicted molar refractivity (Wildman–Crippen MR) is 57.0 cm³/mol. The maximum Gasteiger partial charge on any atom is 0.160 e. The van der Waals surface area contributed by atoms with E-state index in [1.165, 1.54) is 25.0 Å². The number of hydrogen-bond acceptors (Lipinski definition) is 1. The highest BCUT2D eigenvalue weighted by Gasteiger charge is 2.20. The summed E-state index contributed by atoms with van der Waals surface area (Å²) >= 11 is 0. The molecule has 0 saturated heterocycles. The summed E-state index contributed by atoms with van der Waals surface area (Å²) in [7, 11) is 1.95. The lowest BCUT2D eigenvalue weighted by Crippen LogP contribution is -2.28. The molecule has 82 valence electrons. The van der Waals surface area contributed by atoms with Crippen molar-refractivity contribution in [1.82, 2.24) is 0 Å². The number of hydrogen-bond donors (Lipinski definition) is 0. The van der Waals surface area contributed by atoms with E-state index in [4.69, 9.17) is 0 Å². The SMILES string of the molecule is CN(c1ccc(F)c(F)c1)C1CCCC1. The molecule has 1 aliphatic rings. The summed E-state index contributed by atoms with van der Waals surface area (Å²) < 4.78 is 25.8. The molecular formula is C12H15F2N. The third-order valence-electron chi connectivity index (χ3n) is 3.18. The van der Waals surface area contributed by atoms with Crippen LogP contribution in [-0.4, -0.2) is 13.1 Å². The van der Waals surface area contributed by atoms with Crippen molar-refractivity contribution in [1.29, 1.82) is 0 Å². The summed E-state index contributed by atoms with van der Waals surface area (Å²) in [6, 6.07) is 4.58. The van der Waals surface area contributed by atoms with Gasteiger partial charge in [0.15, 0.2) is 11.6 Å². The lowest BCUT2D eigenvalue weighted by Gasteiger charge is -2.26. The second-order valence-electron chi connectivity index (χ2n) is 4.15. The minimum Gasteiger partial charge on any atom is -0.372 e. The molecule has 1 saturated carbocycles. The number of halogens is 2. The standard InChI is InChI=1S/C12H15F2N/c1-15(9-4-2-3-5-9)10-6-7-11(13)12(14)8-10/h6-9H,2-5H2,1H3. The van der Waals surface area contributed by atoms with Crippen LogP contribution < -0.4 is 4.90 Å². The zero-order chi connectivity index (χ0) is 10.8. The highest BCUT2D eigenvalue weighted by atomic mass is 19.2. The molecule has 0 atom stereocenters. The van der Waals surface area contributed by atoms with Crippen molar-refractivity contribution in [2.24, 2.45) is 0 Å². The Kier molecular flexibility index (Phi) is 2.89. The van der Waals surface area contributed by atoms with Crippen LogP contribution in [0.3, 0.4) is 0 Å². The van der Waals surface area contributed by atoms with Crippen molar-refractivity contribution >= 4 is 5.69 Å². The minimum absolute atomic E-state index is 0.481. The van der Waals surface area contributed by atoms with Gasteiger partial charge >= 0.3 is 0 Å². The van der Waals surface area contributed by atoms with Crippen molar-refractivity contribution in [2.45, 2.75) is 31.7 Å². The van der Waals surface area contributed by atoms with E-state index in [9.17, 15) is 8.78 Å². The third-order valence-corrected chi connectivity index (χ3v) is 3.18. The second-order valence-corrected chi connectivity index (χ2v) is 4.15. The molecule has 0 N–H and O–H groups in total. The molecule has 0 radical (unpaired) electrons. The van der Waals surface area contributed by atoms with E-state index >= 15 is 0 Å². The number of nitrogens with zero attached hydrogens (tertiary/aromatic N) is 1. The lowest BCUT2D eigenvalue weighted by atomic mass is 10.2. The summed E-state index contributed by atoms with van der Waals surface area (Å²) in [4.78, 5) is 2.05. The van der Waals surface area contributed by atoms with Gasteiger partial charge in [-0.3, -0.25) is 0 Å². The molecule has 0 aliphatic heterocycles. The van der Waals surface area contributed by atoms with E-state index in [-0.39, 0.29) is 0 Å². The average Bonchev–Trinajstić information content (AvgIpc) is 2.74. The largest absolute Gasteiger partial charge is 0.372 e. The molecule has 0 heterocycles. The zero-order valence-electron chi connectivity index (χ0n) is 8.84. The van der Waals surface area contributed by atoms with Gasteiger partial charge in [-0.1, -0.05) is 12.8 Å². The maximum atomic E-state index is 13.0. The summed E-state index contributed by atoms with van der Waals surface area (Å²) in [6.45, 7) is 0. The fraction of sp³-hybridized carbons (Fsp3) is 0.500. The highest BCUT2D eigenvalue weighted by molar-refractivity contribution is 5.47. The molecule has 2 rings (SSSR count). The lowest BCUT2D eigenvalue weighted by molar-refractivity contribution is 0.507. The van der Waals surface area contributed by atoms with E-state index in [0.29, 0.717) is 6.04 Å². The van der Waals surface area contributed by atoms with Crippen molar-refractivity contribution in [3.8, 4) is 0 Å². The van der Waals surface area contributed by atoms with Crippen molar-refractivity contribution < 1.29 is 8.78 Å². The Bertz CT molecular complexity index is 345. The molecule has 3 heteroatoms. The molecular weight excluding hydrogens is 196 g/mol. The summed E-state index contributed by atoms with van der Waals surface area (Å²) in [6.07, 6.45) is 4.77. The van der Waals surface area contributed by atoms with E-state index < -0.39 is 11.6 Å². The van der Waals surface area contributed by atoms with Crippen LogP contribution >= 0.6 is 0 Å². The average molecular weight is 211 g/mol. The summed E-state index contributed by atoms with van der Waals surface area (Å²) in [5.41, 5.74) is 0.765. The van der Waals surface area contributed by atoms with Crippen LogP contribution in [0.4, 0.5) is 14.5 Å². The van der Waals surface area contributed by atoms with E-state index in [1.807, 2.05) is 7.05 Å². The van der Waals surface area contributed by atoms with Gasteiger partial charge in [0.25, 0.3) is 0 Å². The highest BCUT2D eigenvalue weighted by Crippen LogP contribution is 2.27. The Balaban J connectivity index is 2.17. The Morgan fingerprint density at radius 2 is 1.80 bits per heavy atom. The topological polar surface area (TPSA) is 3.24 Å². The van der Waals surface area contributed by atoms with Gasteiger partial charge in [-0.05, 0) is 25.0 Å². The summed E-state index contributed by atoms with van der Waals surface area (Å²) in [5.74, 6) is -1.55. The molecule has 1 nitrogen and oxygen atoms in total. The van der Waals surface area contributed by atoms with Gasteiger partial charge in [0.2, 0.25) is 0 Å². The molecule has 1 aromatic rings. The van der Waals surface area contributed by atoms with Gasteiger partial charge in [0.05, 0.1) is 0 Å². The van der Waals surface area contributed by atoms with Gasteiger partial charge in [-0.2, -0.15) is 0 Å². The monoisotopic (exact) mass is 211 g/mol. The van der Waals surface area contributed by atoms with Gasteiger partial charge in [-0.25, -0.2) is 8.78 Å². The Hall–Kier alpha value is -1.12. The molecule has 0 amide bonds. The molecule has 0 unspecified atom stereocenters. The van der Waals surface area contributed by atoms with E-state index in [0.717, 1.165) is 18.5 Å². The number of rotatable bonds is 2. The van der Waals surface area contributed by atoms with Crippen LogP contribution in [0.25, 0.3) is 0 Å². The zero-order valence-corrected chi connectivity index (χ0v) is 8.84. The van der Waals surface area contributed by atoms with E-state index in [2.05, 4.69) is 4.90 Å². The normalized spacial score (nSPS) is 17.0. The molecule has 1 aromatic carbocycles. The van der Waals surface area contributed by atoms with Crippen LogP contribution in [0.1, 0.15) is 25.7 Å². The molecule has 1 aliphatic carbocycles. The minimum atomic E-state index is -0.779. The second kappa shape index (κ2) is 4.17. The van der Waals surface area contributed by atoms with E-state index in [1.54, 1.807) is 6.07 Å². The van der Waals surface area contributed by atoms with Gasteiger partial charge < -0.3 is 4.90 Å². The third kappa shape index (κ3) is 2.11. The van der Waals surface area contributed by atoms with Crippen LogP contribution in [0, 0.1) is 11.6 Å². The van der Waals surface area contributed by atoms with Crippen molar-refractivity contribution in [3.05, 3.63) is 29.8 Å². The Morgan fingerprint density at radius 1 is 1.13 bits per heavy atom. The fourth-order valence-corrected chi connectivity index (χ4v) is 2.21. The Morgan fingerprint density at radius 3 is 2.40 bits per heavy atom. The van der Waals surface area contributed by atoms with Crippen molar-refractivity contribution in [3.63, 3.8) is 0 Å². The molecule has 15 heavy (non-hydrogen) atoms. The molecule has 0 bridgehead atoms. The van der Waals surface area contributed by atoms with Crippen molar-refractivity contribution in [2.75, 3.05) is 11.9 Å². The summed E-state index contributed by atoms with van der Waals surface area (Å²) in [5, 5.41) is 0. The van der Waals surface area contributed by atoms with Crippen LogP contribution in [0.2, 0.25) is 0 Å². The fourth-order valence-electron chi connectivity index (χ4n) is 2.21.